The van der Waals surface area contributed by atoms with Crippen molar-refractivity contribution < 1.29 is 23.1 Å². The predicted octanol–water partition coefficient (Wildman–Crippen LogP) is -0.179. The summed E-state index contributed by atoms with van der Waals surface area (Å²) in [6.45, 7) is 1.59. The molecule has 116 valence electrons. The summed E-state index contributed by atoms with van der Waals surface area (Å²) < 4.78 is 29.2. The van der Waals surface area contributed by atoms with Crippen molar-refractivity contribution in [2.75, 3.05) is 32.1 Å². The second kappa shape index (κ2) is 7.02. The molecule has 0 bridgehead atoms. The smallest absolute Gasteiger partial charge is 0.252 e. The standard InChI is InChI=1S/C14H19NO5S/c16-13(14(17)15-6-8-20-9-7-15)11-21(18,19)10-12-4-2-1-3-5-12/h1-5,13,16H,6-11H2/t13-/m0/s1. The number of rotatable bonds is 5. The molecule has 1 N–H and O–H groups in total. The van der Waals surface area contributed by atoms with Gasteiger partial charge in [-0.3, -0.25) is 4.79 Å². The molecule has 0 aromatic heterocycles. The van der Waals surface area contributed by atoms with Crippen molar-refractivity contribution in [3.8, 4) is 0 Å². The maximum absolute atomic E-state index is 12.0. The highest BCUT2D eigenvalue weighted by Crippen LogP contribution is 2.09. The van der Waals surface area contributed by atoms with E-state index in [1.807, 2.05) is 0 Å². The van der Waals surface area contributed by atoms with Gasteiger partial charge in [-0.2, -0.15) is 0 Å². The summed E-state index contributed by atoms with van der Waals surface area (Å²) in [4.78, 5) is 13.4. The number of hydrogen-bond donors (Lipinski definition) is 1. The van der Waals surface area contributed by atoms with Gasteiger partial charge in [0.25, 0.3) is 5.91 Å². The van der Waals surface area contributed by atoms with Crippen molar-refractivity contribution in [2.24, 2.45) is 0 Å². The average Bonchev–Trinajstić information content (AvgIpc) is 2.47. The zero-order valence-corrected chi connectivity index (χ0v) is 12.5. The van der Waals surface area contributed by atoms with Gasteiger partial charge >= 0.3 is 0 Å². The number of morpholine rings is 1. The zero-order chi connectivity index (χ0) is 15.3. The van der Waals surface area contributed by atoms with E-state index in [1.165, 1.54) is 4.90 Å². The van der Waals surface area contributed by atoms with Crippen LogP contribution in [-0.4, -0.2) is 62.5 Å². The molecule has 0 unspecified atom stereocenters. The number of nitrogens with zero attached hydrogens (tertiary/aromatic N) is 1. The number of aliphatic hydroxyl groups excluding tert-OH is 1. The topological polar surface area (TPSA) is 83.9 Å². The molecule has 2 rings (SSSR count). The third-order valence-electron chi connectivity index (χ3n) is 3.25. The zero-order valence-electron chi connectivity index (χ0n) is 11.6. The maximum Gasteiger partial charge on any atom is 0.252 e. The lowest BCUT2D eigenvalue weighted by Gasteiger charge is -2.28. The summed E-state index contributed by atoms with van der Waals surface area (Å²) in [5.74, 6) is -1.28. The van der Waals surface area contributed by atoms with Crippen LogP contribution in [0.2, 0.25) is 0 Å². The van der Waals surface area contributed by atoms with E-state index < -0.39 is 27.6 Å². The van der Waals surface area contributed by atoms with Crippen LogP contribution in [0.1, 0.15) is 5.56 Å². The minimum absolute atomic E-state index is 0.179. The Kier molecular flexibility index (Phi) is 5.33. The Morgan fingerprint density at radius 3 is 2.48 bits per heavy atom. The van der Waals surface area contributed by atoms with Crippen LogP contribution < -0.4 is 0 Å². The molecule has 0 radical (unpaired) electrons. The second-order valence-corrected chi connectivity index (χ2v) is 7.10. The molecule has 21 heavy (non-hydrogen) atoms. The van der Waals surface area contributed by atoms with E-state index in [4.69, 9.17) is 4.74 Å². The second-order valence-electron chi connectivity index (χ2n) is 4.99. The normalized spacial score (nSPS) is 17.5. The molecule has 1 aromatic rings. The Labute approximate surface area is 124 Å². The Balaban J connectivity index is 1.94. The van der Waals surface area contributed by atoms with Crippen LogP contribution in [0.25, 0.3) is 0 Å². The van der Waals surface area contributed by atoms with Gasteiger partial charge in [0.1, 0.15) is 6.10 Å². The van der Waals surface area contributed by atoms with Gasteiger partial charge in [0.2, 0.25) is 0 Å². The van der Waals surface area contributed by atoms with E-state index in [2.05, 4.69) is 0 Å². The lowest BCUT2D eigenvalue weighted by atomic mass is 10.2. The van der Waals surface area contributed by atoms with Crippen molar-refractivity contribution >= 4 is 15.7 Å². The van der Waals surface area contributed by atoms with Crippen molar-refractivity contribution in [2.45, 2.75) is 11.9 Å². The lowest BCUT2D eigenvalue weighted by Crippen LogP contribution is -2.47. The van der Waals surface area contributed by atoms with E-state index in [-0.39, 0.29) is 5.75 Å². The molecule has 0 aliphatic carbocycles. The van der Waals surface area contributed by atoms with Gasteiger partial charge in [-0.05, 0) is 5.56 Å². The number of hydrogen-bond acceptors (Lipinski definition) is 5. The Hall–Kier alpha value is -1.44. The van der Waals surface area contributed by atoms with Gasteiger partial charge in [0.15, 0.2) is 9.84 Å². The molecule has 1 amide bonds. The van der Waals surface area contributed by atoms with E-state index >= 15 is 0 Å². The van der Waals surface area contributed by atoms with Crippen molar-refractivity contribution in [1.29, 1.82) is 0 Å². The minimum Gasteiger partial charge on any atom is -0.382 e. The minimum atomic E-state index is -3.55. The Morgan fingerprint density at radius 1 is 1.24 bits per heavy atom. The summed E-state index contributed by atoms with van der Waals surface area (Å²) in [5, 5.41) is 9.87. The van der Waals surface area contributed by atoms with Crippen LogP contribution in [0.5, 0.6) is 0 Å². The quantitative estimate of drug-likeness (QED) is 0.815. The number of sulfone groups is 1. The van der Waals surface area contributed by atoms with Crippen LogP contribution in [0, 0.1) is 0 Å². The molecular formula is C14H19NO5S. The van der Waals surface area contributed by atoms with E-state index in [0.29, 0.717) is 31.9 Å². The monoisotopic (exact) mass is 313 g/mol. The number of amides is 1. The van der Waals surface area contributed by atoms with Gasteiger partial charge in [-0.1, -0.05) is 30.3 Å². The molecule has 1 heterocycles. The number of benzene rings is 1. The van der Waals surface area contributed by atoms with Crippen LogP contribution in [0.4, 0.5) is 0 Å². The Morgan fingerprint density at radius 2 is 1.86 bits per heavy atom. The average molecular weight is 313 g/mol. The van der Waals surface area contributed by atoms with Crippen molar-refractivity contribution in [3.63, 3.8) is 0 Å². The number of ether oxygens (including phenoxy) is 1. The molecule has 1 fully saturated rings. The highest BCUT2D eigenvalue weighted by molar-refractivity contribution is 7.90. The lowest BCUT2D eigenvalue weighted by molar-refractivity contribution is -0.143. The molecule has 0 spiro atoms. The molecule has 1 atom stereocenters. The van der Waals surface area contributed by atoms with E-state index in [9.17, 15) is 18.3 Å². The van der Waals surface area contributed by atoms with Crippen LogP contribution in [0.15, 0.2) is 30.3 Å². The fraction of sp³-hybridized carbons (Fsp3) is 0.500. The first-order valence-corrected chi connectivity index (χ1v) is 8.59. The van der Waals surface area contributed by atoms with Crippen LogP contribution in [-0.2, 0) is 25.1 Å². The summed E-state index contributed by atoms with van der Waals surface area (Å²) in [5.41, 5.74) is 0.642. The number of carbonyl (C=O) groups excluding carboxylic acids is 1. The Bertz CT molecular complexity index is 566. The van der Waals surface area contributed by atoms with Gasteiger partial charge in [0, 0.05) is 13.1 Å². The summed E-state index contributed by atoms with van der Waals surface area (Å²) in [6, 6.07) is 8.70. The van der Waals surface area contributed by atoms with Crippen molar-refractivity contribution in [3.05, 3.63) is 35.9 Å². The molecule has 0 saturated carbocycles. The van der Waals surface area contributed by atoms with Crippen LogP contribution in [0.3, 0.4) is 0 Å². The molecule has 1 aliphatic rings. The van der Waals surface area contributed by atoms with Gasteiger partial charge in [-0.25, -0.2) is 8.42 Å². The SMILES string of the molecule is O=C([C@@H](O)CS(=O)(=O)Cc1ccccc1)N1CCOCC1. The predicted molar refractivity (Wildman–Crippen MR) is 77.3 cm³/mol. The van der Waals surface area contributed by atoms with Gasteiger partial charge < -0.3 is 14.7 Å². The molecule has 1 saturated heterocycles. The molecular weight excluding hydrogens is 294 g/mol. The van der Waals surface area contributed by atoms with Gasteiger partial charge in [-0.15, -0.1) is 0 Å². The molecule has 7 heteroatoms. The first kappa shape index (κ1) is 15.9. The van der Waals surface area contributed by atoms with Crippen LogP contribution >= 0.6 is 0 Å². The largest absolute Gasteiger partial charge is 0.382 e. The summed E-state index contributed by atoms with van der Waals surface area (Å²) >= 11 is 0. The van der Waals surface area contributed by atoms with E-state index in [1.54, 1.807) is 30.3 Å². The number of carbonyl (C=O) groups is 1. The summed E-state index contributed by atoms with van der Waals surface area (Å²) in [6.07, 6.45) is -1.52. The maximum atomic E-state index is 12.0. The fourth-order valence-corrected chi connectivity index (χ4v) is 3.64. The molecule has 1 aromatic carbocycles. The molecule has 6 nitrogen and oxygen atoms in total. The fourth-order valence-electron chi connectivity index (χ4n) is 2.19. The third-order valence-corrected chi connectivity index (χ3v) is 4.85. The first-order chi connectivity index (χ1) is 9.98. The van der Waals surface area contributed by atoms with Crippen molar-refractivity contribution in [1.82, 2.24) is 4.90 Å². The summed E-state index contributed by atoms with van der Waals surface area (Å²) in [7, 11) is -3.55. The molecule has 1 aliphatic heterocycles. The van der Waals surface area contributed by atoms with E-state index in [0.717, 1.165) is 0 Å². The number of aliphatic hydroxyl groups is 1. The highest BCUT2D eigenvalue weighted by atomic mass is 32.2. The third kappa shape index (κ3) is 4.80. The first-order valence-electron chi connectivity index (χ1n) is 6.77. The van der Waals surface area contributed by atoms with Gasteiger partial charge in [0.05, 0.1) is 24.7 Å². The highest BCUT2D eigenvalue weighted by Gasteiger charge is 2.28.